The van der Waals surface area contributed by atoms with Crippen molar-refractivity contribution in [3.8, 4) is 17.2 Å². The smallest absolute Gasteiger partial charge is 0.234 e. The number of hydrogen-bond acceptors (Lipinski definition) is 4. The number of nitrogens with zero attached hydrogens (tertiary/aromatic N) is 3. The molecule has 2 aliphatic rings. The molecule has 0 spiro atoms. The van der Waals surface area contributed by atoms with E-state index in [-0.39, 0.29) is 11.8 Å². The standard InChI is InChI=1S/C34H31N3O3/c38-34(33-26-12-4-8-16-30(26)40-31-17-9-5-13-27(31)33)36-20-18-24(19-21-36)22-37-29-15-7-6-14-28(29)35-32(37)23-39-25-10-2-1-3-11-25/h1-17,24,33H,18-23H2. The van der Waals surface area contributed by atoms with E-state index in [1.165, 1.54) is 0 Å². The van der Waals surface area contributed by atoms with E-state index in [4.69, 9.17) is 14.5 Å². The summed E-state index contributed by atoms with van der Waals surface area (Å²) in [6.07, 6.45) is 1.90. The highest BCUT2D eigenvalue weighted by molar-refractivity contribution is 5.89. The van der Waals surface area contributed by atoms with Crippen molar-refractivity contribution in [3.63, 3.8) is 0 Å². The molecule has 0 unspecified atom stereocenters. The van der Waals surface area contributed by atoms with Gasteiger partial charge < -0.3 is 18.9 Å². The fourth-order valence-corrected chi connectivity index (χ4v) is 6.06. The number of aromatic nitrogens is 2. The number of ether oxygens (including phenoxy) is 2. The molecule has 0 aliphatic carbocycles. The van der Waals surface area contributed by atoms with Gasteiger partial charge in [0, 0.05) is 30.8 Å². The topological polar surface area (TPSA) is 56.6 Å². The molecular weight excluding hydrogens is 498 g/mol. The SMILES string of the molecule is O=C(C1c2ccccc2Oc2ccccc21)N1CCC(Cn2c(COc3ccccc3)nc3ccccc32)CC1. The Morgan fingerprint density at radius 3 is 2.15 bits per heavy atom. The molecule has 0 radical (unpaired) electrons. The Kier molecular flexibility index (Phi) is 6.44. The number of fused-ring (bicyclic) bond motifs is 3. The number of carbonyl (C=O) groups is 1. The Hall–Kier alpha value is -4.58. The second-order valence-corrected chi connectivity index (χ2v) is 10.6. The molecule has 7 rings (SSSR count). The minimum absolute atomic E-state index is 0.159. The predicted octanol–water partition coefficient (Wildman–Crippen LogP) is 6.79. The normalized spacial score (nSPS) is 15.3. The lowest BCUT2D eigenvalue weighted by Crippen LogP contribution is -2.42. The number of likely N-dealkylation sites (tertiary alicyclic amines) is 1. The summed E-state index contributed by atoms with van der Waals surface area (Å²) in [5.74, 6) is 3.58. The minimum atomic E-state index is -0.336. The molecule has 2 aliphatic heterocycles. The van der Waals surface area contributed by atoms with Crippen LogP contribution in [0.1, 0.15) is 35.7 Å². The van der Waals surface area contributed by atoms with Gasteiger partial charge in [-0.05, 0) is 55.2 Å². The van der Waals surface area contributed by atoms with Crippen molar-refractivity contribution in [3.05, 3.63) is 120 Å². The van der Waals surface area contributed by atoms with Gasteiger partial charge in [-0.25, -0.2) is 4.98 Å². The molecule has 1 amide bonds. The van der Waals surface area contributed by atoms with Gasteiger partial charge in [0.15, 0.2) is 0 Å². The van der Waals surface area contributed by atoms with E-state index in [9.17, 15) is 4.79 Å². The number of carbonyl (C=O) groups excluding carboxylic acids is 1. The summed E-state index contributed by atoms with van der Waals surface area (Å²) in [4.78, 5) is 20.9. The highest BCUT2D eigenvalue weighted by atomic mass is 16.5. The van der Waals surface area contributed by atoms with E-state index in [1.54, 1.807) is 0 Å². The minimum Gasteiger partial charge on any atom is -0.486 e. The third-order valence-electron chi connectivity index (χ3n) is 8.14. The molecule has 0 N–H and O–H groups in total. The van der Waals surface area contributed by atoms with Crippen LogP contribution < -0.4 is 9.47 Å². The molecule has 200 valence electrons. The van der Waals surface area contributed by atoms with Gasteiger partial charge in [-0.2, -0.15) is 0 Å². The molecule has 3 heterocycles. The van der Waals surface area contributed by atoms with Gasteiger partial charge in [0.1, 0.15) is 29.7 Å². The van der Waals surface area contributed by atoms with Crippen molar-refractivity contribution in [2.45, 2.75) is 31.9 Å². The summed E-state index contributed by atoms with van der Waals surface area (Å²) in [5, 5.41) is 0. The lowest BCUT2D eigenvalue weighted by molar-refractivity contribution is -0.133. The number of rotatable bonds is 6. The molecule has 6 heteroatoms. The van der Waals surface area contributed by atoms with Crippen LogP contribution in [0.25, 0.3) is 11.0 Å². The number of benzene rings is 4. The van der Waals surface area contributed by atoms with E-state index in [0.29, 0.717) is 12.5 Å². The summed E-state index contributed by atoms with van der Waals surface area (Å²) < 4.78 is 14.5. The summed E-state index contributed by atoms with van der Waals surface area (Å²) in [5.41, 5.74) is 4.00. The van der Waals surface area contributed by atoms with Gasteiger partial charge in [0.05, 0.1) is 17.0 Å². The Balaban J connectivity index is 1.07. The lowest BCUT2D eigenvalue weighted by atomic mass is 9.86. The summed E-state index contributed by atoms with van der Waals surface area (Å²) in [6.45, 7) is 2.76. The monoisotopic (exact) mass is 529 g/mol. The molecule has 1 fully saturated rings. The zero-order valence-corrected chi connectivity index (χ0v) is 22.3. The molecule has 5 aromatic rings. The van der Waals surface area contributed by atoms with Crippen LogP contribution in [0.15, 0.2) is 103 Å². The molecule has 40 heavy (non-hydrogen) atoms. The zero-order chi connectivity index (χ0) is 26.9. The van der Waals surface area contributed by atoms with E-state index < -0.39 is 0 Å². The van der Waals surface area contributed by atoms with Crippen LogP contribution in [0.4, 0.5) is 0 Å². The number of hydrogen-bond donors (Lipinski definition) is 0. The molecule has 4 aromatic carbocycles. The fourth-order valence-electron chi connectivity index (χ4n) is 6.06. The highest BCUT2D eigenvalue weighted by Crippen LogP contribution is 2.45. The summed E-state index contributed by atoms with van der Waals surface area (Å²) in [7, 11) is 0. The van der Waals surface area contributed by atoms with Gasteiger partial charge in [-0.1, -0.05) is 66.7 Å². The van der Waals surface area contributed by atoms with Gasteiger partial charge in [0.2, 0.25) is 5.91 Å². The average molecular weight is 530 g/mol. The van der Waals surface area contributed by atoms with Crippen LogP contribution >= 0.6 is 0 Å². The maximum Gasteiger partial charge on any atom is 0.234 e. The molecule has 6 nitrogen and oxygen atoms in total. The van der Waals surface area contributed by atoms with E-state index >= 15 is 0 Å². The van der Waals surface area contributed by atoms with Crippen LogP contribution in [0.2, 0.25) is 0 Å². The molecule has 1 saturated heterocycles. The second-order valence-electron chi connectivity index (χ2n) is 10.6. The Bertz CT molecular complexity index is 1610. The first-order valence-electron chi connectivity index (χ1n) is 14.0. The number of imidazole rings is 1. The van der Waals surface area contributed by atoms with Crippen molar-refractivity contribution in [1.29, 1.82) is 0 Å². The summed E-state index contributed by atoms with van der Waals surface area (Å²) >= 11 is 0. The van der Waals surface area contributed by atoms with Crippen LogP contribution in [0, 0.1) is 5.92 Å². The maximum atomic E-state index is 14.0. The number of piperidine rings is 1. The average Bonchev–Trinajstić information content (AvgIpc) is 3.36. The summed E-state index contributed by atoms with van der Waals surface area (Å²) in [6, 6.07) is 34.0. The van der Waals surface area contributed by atoms with Crippen LogP contribution in [-0.4, -0.2) is 33.4 Å². The van der Waals surface area contributed by atoms with Crippen molar-refractivity contribution < 1.29 is 14.3 Å². The first kappa shape index (κ1) is 24.5. The molecule has 0 saturated carbocycles. The third-order valence-corrected chi connectivity index (χ3v) is 8.14. The Labute approximate surface area is 233 Å². The third kappa shape index (κ3) is 4.60. The first-order valence-corrected chi connectivity index (χ1v) is 14.0. The highest BCUT2D eigenvalue weighted by Gasteiger charge is 2.36. The molecular formula is C34H31N3O3. The van der Waals surface area contributed by atoms with E-state index in [0.717, 1.165) is 77.7 Å². The van der Waals surface area contributed by atoms with E-state index in [2.05, 4.69) is 22.8 Å². The fraction of sp³-hybridized carbons (Fsp3) is 0.235. The Morgan fingerprint density at radius 2 is 1.43 bits per heavy atom. The van der Waals surface area contributed by atoms with Crippen molar-refractivity contribution >= 4 is 16.9 Å². The van der Waals surface area contributed by atoms with Crippen molar-refractivity contribution in [1.82, 2.24) is 14.5 Å². The lowest BCUT2D eigenvalue weighted by Gasteiger charge is -2.36. The van der Waals surface area contributed by atoms with Crippen molar-refractivity contribution in [2.75, 3.05) is 13.1 Å². The van der Waals surface area contributed by atoms with Crippen molar-refractivity contribution in [2.24, 2.45) is 5.92 Å². The van der Waals surface area contributed by atoms with Gasteiger partial charge >= 0.3 is 0 Å². The van der Waals surface area contributed by atoms with Gasteiger partial charge in [0.25, 0.3) is 0 Å². The number of para-hydroxylation sites is 5. The molecule has 0 atom stereocenters. The van der Waals surface area contributed by atoms with Crippen LogP contribution in [0.5, 0.6) is 17.2 Å². The van der Waals surface area contributed by atoms with Gasteiger partial charge in [-0.3, -0.25) is 4.79 Å². The first-order chi connectivity index (χ1) is 19.7. The van der Waals surface area contributed by atoms with Gasteiger partial charge in [-0.15, -0.1) is 0 Å². The second kappa shape index (κ2) is 10.5. The zero-order valence-electron chi connectivity index (χ0n) is 22.3. The molecule has 1 aromatic heterocycles. The predicted molar refractivity (Wildman–Crippen MR) is 155 cm³/mol. The largest absolute Gasteiger partial charge is 0.486 e. The van der Waals surface area contributed by atoms with Crippen LogP contribution in [-0.2, 0) is 17.9 Å². The quantitative estimate of drug-likeness (QED) is 0.243. The number of amides is 1. The molecule has 0 bridgehead atoms. The maximum absolute atomic E-state index is 14.0. The Morgan fingerprint density at radius 1 is 0.800 bits per heavy atom. The van der Waals surface area contributed by atoms with Crippen LogP contribution in [0.3, 0.4) is 0 Å². The van der Waals surface area contributed by atoms with E-state index in [1.807, 2.05) is 89.8 Å².